The normalized spacial score (nSPS) is 18.3. The van der Waals surface area contributed by atoms with E-state index in [0.29, 0.717) is 0 Å². The number of aliphatic hydroxyl groups is 1. The Bertz CT molecular complexity index is 701. The first-order valence-corrected chi connectivity index (χ1v) is 8.75. The van der Waals surface area contributed by atoms with Gasteiger partial charge in [-0.2, -0.15) is 0 Å². The molecule has 1 aromatic heterocycles. The predicted octanol–water partition coefficient (Wildman–Crippen LogP) is 1.98. The van der Waals surface area contributed by atoms with E-state index in [9.17, 15) is 5.11 Å². The number of hydrogen-bond donors (Lipinski definition) is 1. The molecule has 136 valence electrons. The van der Waals surface area contributed by atoms with Crippen molar-refractivity contribution < 1.29 is 9.84 Å². The number of benzene rings is 1. The van der Waals surface area contributed by atoms with Crippen molar-refractivity contribution in [3.63, 3.8) is 0 Å². The van der Waals surface area contributed by atoms with Gasteiger partial charge in [0.1, 0.15) is 11.8 Å². The van der Waals surface area contributed by atoms with Gasteiger partial charge in [0.15, 0.2) is 5.82 Å². The molecular formula is C18H27N5O2. The van der Waals surface area contributed by atoms with Crippen LogP contribution < -0.4 is 4.74 Å². The summed E-state index contributed by atoms with van der Waals surface area (Å²) >= 11 is 0. The number of para-hydroxylation sites is 1. The van der Waals surface area contributed by atoms with Gasteiger partial charge in [0.25, 0.3) is 0 Å². The van der Waals surface area contributed by atoms with E-state index in [1.54, 1.807) is 7.11 Å². The Morgan fingerprint density at radius 3 is 2.52 bits per heavy atom. The van der Waals surface area contributed by atoms with Crippen LogP contribution in [0.1, 0.15) is 51.0 Å². The smallest absolute Gasteiger partial charge is 0.173 e. The third-order valence-electron chi connectivity index (χ3n) is 4.67. The van der Waals surface area contributed by atoms with Gasteiger partial charge in [-0.3, -0.25) is 4.90 Å². The van der Waals surface area contributed by atoms with Crippen LogP contribution in [0.4, 0.5) is 0 Å². The summed E-state index contributed by atoms with van der Waals surface area (Å²) in [7, 11) is 1.68. The molecule has 1 atom stereocenters. The largest absolute Gasteiger partial charge is 0.496 e. The number of aromatic nitrogens is 4. The van der Waals surface area contributed by atoms with Crippen LogP contribution in [0.2, 0.25) is 0 Å². The first-order valence-electron chi connectivity index (χ1n) is 8.75. The summed E-state index contributed by atoms with van der Waals surface area (Å²) in [5.74, 6) is 1.62. The maximum absolute atomic E-state index is 9.90. The molecule has 2 heterocycles. The summed E-state index contributed by atoms with van der Waals surface area (Å²) in [6, 6.07) is 7.89. The molecule has 1 aliphatic rings. The molecule has 1 fully saturated rings. The molecular weight excluding hydrogens is 318 g/mol. The molecule has 3 rings (SSSR count). The molecule has 1 aromatic carbocycles. The maximum atomic E-state index is 9.90. The van der Waals surface area contributed by atoms with Crippen molar-refractivity contribution in [2.75, 3.05) is 20.2 Å². The molecule has 0 radical (unpaired) electrons. The summed E-state index contributed by atoms with van der Waals surface area (Å²) < 4.78 is 7.49. The Morgan fingerprint density at radius 2 is 1.88 bits per heavy atom. The van der Waals surface area contributed by atoms with E-state index in [0.717, 1.165) is 43.1 Å². The minimum atomic E-state index is -0.229. The molecule has 0 saturated carbocycles. The molecule has 0 spiro atoms. The molecule has 2 aromatic rings. The van der Waals surface area contributed by atoms with Crippen LogP contribution in [0.25, 0.3) is 0 Å². The van der Waals surface area contributed by atoms with Gasteiger partial charge >= 0.3 is 0 Å². The van der Waals surface area contributed by atoms with E-state index in [4.69, 9.17) is 4.74 Å². The van der Waals surface area contributed by atoms with Gasteiger partial charge in [0, 0.05) is 18.7 Å². The quantitative estimate of drug-likeness (QED) is 0.913. The number of hydrogen-bond acceptors (Lipinski definition) is 6. The second-order valence-electron chi connectivity index (χ2n) is 7.53. The molecule has 1 unspecified atom stereocenters. The van der Waals surface area contributed by atoms with Crippen molar-refractivity contribution in [3.05, 3.63) is 35.7 Å². The number of methoxy groups -OCH3 is 1. The SMILES string of the molecule is COc1ccccc1C(c1nnnn1C(C)(C)C)N1CCC(O)CC1. The van der Waals surface area contributed by atoms with Crippen LogP contribution >= 0.6 is 0 Å². The summed E-state index contributed by atoms with van der Waals surface area (Å²) in [5.41, 5.74) is 0.815. The highest BCUT2D eigenvalue weighted by molar-refractivity contribution is 5.39. The van der Waals surface area contributed by atoms with Crippen LogP contribution in [0, 0.1) is 0 Å². The average molecular weight is 345 g/mol. The lowest BCUT2D eigenvalue weighted by Crippen LogP contribution is -2.41. The van der Waals surface area contributed by atoms with Crippen LogP contribution in [0.3, 0.4) is 0 Å². The van der Waals surface area contributed by atoms with Gasteiger partial charge < -0.3 is 9.84 Å². The van der Waals surface area contributed by atoms with E-state index in [2.05, 4.69) is 47.3 Å². The van der Waals surface area contributed by atoms with Crippen molar-refractivity contribution in [1.82, 2.24) is 25.1 Å². The lowest BCUT2D eigenvalue weighted by molar-refractivity contribution is 0.0644. The highest BCUT2D eigenvalue weighted by Gasteiger charge is 2.34. The molecule has 0 amide bonds. The van der Waals surface area contributed by atoms with Crippen LogP contribution in [0.15, 0.2) is 24.3 Å². The van der Waals surface area contributed by atoms with E-state index >= 15 is 0 Å². The summed E-state index contributed by atoms with van der Waals surface area (Å²) in [6.07, 6.45) is 1.28. The maximum Gasteiger partial charge on any atom is 0.173 e. The van der Waals surface area contributed by atoms with Gasteiger partial charge in [0.05, 0.1) is 18.8 Å². The predicted molar refractivity (Wildman–Crippen MR) is 94.5 cm³/mol. The van der Waals surface area contributed by atoms with Crippen molar-refractivity contribution in [3.8, 4) is 5.75 Å². The molecule has 7 nitrogen and oxygen atoms in total. The minimum absolute atomic E-state index is 0.113. The molecule has 7 heteroatoms. The van der Waals surface area contributed by atoms with E-state index in [1.807, 2.05) is 22.9 Å². The number of likely N-dealkylation sites (tertiary alicyclic amines) is 1. The Morgan fingerprint density at radius 1 is 1.20 bits per heavy atom. The van der Waals surface area contributed by atoms with Crippen molar-refractivity contribution >= 4 is 0 Å². The number of rotatable bonds is 4. The van der Waals surface area contributed by atoms with E-state index in [1.165, 1.54) is 0 Å². The second-order valence-corrected chi connectivity index (χ2v) is 7.53. The molecule has 0 aliphatic carbocycles. The number of aliphatic hydroxyl groups excluding tert-OH is 1. The Labute approximate surface area is 148 Å². The Kier molecular flexibility index (Phi) is 5.06. The summed E-state index contributed by atoms with van der Waals surface area (Å²) in [6.45, 7) is 7.85. The standard InChI is InChI=1S/C18H27N5O2/c1-18(2,3)23-17(19-20-21-23)16(22-11-9-13(24)10-12-22)14-7-5-6-8-15(14)25-4/h5-8,13,16,24H,9-12H2,1-4H3. The number of ether oxygens (including phenoxy) is 1. The molecule has 0 bridgehead atoms. The highest BCUT2D eigenvalue weighted by atomic mass is 16.5. The Hall–Kier alpha value is -1.99. The van der Waals surface area contributed by atoms with Gasteiger partial charge in [0.2, 0.25) is 0 Å². The second kappa shape index (κ2) is 7.09. The topological polar surface area (TPSA) is 76.3 Å². The summed E-state index contributed by atoms with van der Waals surface area (Å²) in [5, 5.41) is 22.5. The molecule has 1 saturated heterocycles. The first kappa shape index (κ1) is 17.8. The molecule has 25 heavy (non-hydrogen) atoms. The fraction of sp³-hybridized carbons (Fsp3) is 0.611. The zero-order chi connectivity index (χ0) is 18.0. The van der Waals surface area contributed by atoms with Crippen LogP contribution in [-0.2, 0) is 5.54 Å². The van der Waals surface area contributed by atoms with Crippen molar-refractivity contribution in [1.29, 1.82) is 0 Å². The summed E-state index contributed by atoms with van der Waals surface area (Å²) in [4.78, 5) is 2.33. The fourth-order valence-electron chi connectivity index (χ4n) is 3.38. The lowest BCUT2D eigenvalue weighted by atomic mass is 9.98. The van der Waals surface area contributed by atoms with Gasteiger partial charge in [-0.15, -0.1) is 5.10 Å². The zero-order valence-electron chi connectivity index (χ0n) is 15.4. The monoisotopic (exact) mass is 345 g/mol. The van der Waals surface area contributed by atoms with E-state index < -0.39 is 0 Å². The van der Waals surface area contributed by atoms with Crippen molar-refractivity contribution in [2.24, 2.45) is 0 Å². The average Bonchev–Trinajstić information content (AvgIpc) is 3.07. The number of nitrogens with zero attached hydrogens (tertiary/aromatic N) is 5. The van der Waals surface area contributed by atoms with Crippen molar-refractivity contribution in [2.45, 2.75) is 51.3 Å². The fourth-order valence-corrected chi connectivity index (χ4v) is 3.38. The number of tetrazole rings is 1. The number of piperidine rings is 1. The highest BCUT2D eigenvalue weighted by Crippen LogP contribution is 2.36. The molecule has 1 aliphatic heterocycles. The zero-order valence-corrected chi connectivity index (χ0v) is 15.4. The molecule has 1 N–H and O–H groups in total. The van der Waals surface area contributed by atoms with Crippen LogP contribution in [0.5, 0.6) is 5.75 Å². The minimum Gasteiger partial charge on any atom is -0.496 e. The van der Waals surface area contributed by atoms with E-state index in [-0.39, 0.29) is 17.7 Å². The third-order valence-corrected chi connectivity index (χ3v) is 4.67. The van der Waals surface area contributed by atoms with Gasteiger partial charge in [-0.1, -0.05) is 18.2 Å². The first-order chi connectivity index (χ1) is 11.9. The third kappa shape index (κ3) is 3.67. The lowest BCUT2D eigenvalue weighted by Gasteiger charge is -2.37. The van der Waals surface area contributed by atoms with Gasteiger partial charge in [-0.25, -0.2) is 4.68 Å². The van der Waals surface area contributed by atoms with Gasteiger partial charge in [-0.05, 0) is 50.1 Å². The Balaban J connectivity index is 2.08. The van der Waals surface area contributed by atoms with Crippen LogP contribution in [-0.4, -0.2) is 56.5 Å².